The Morgan fingerprint density at radius 1 is 0.882 bits per heavy atom. The molecule has 0 saturated carbocycles. The van der Waals surface area contributed by atoms with Gasteiger partial charge in [-0.05, 0) is 40.5 Å². The standard InChI is InChI=1S/C26H22N4O3S/c1-34(32,33)23-8-3-2-7-21(23)18-9-11-19(12-10-18)22-13-14-29-25(24(22)26(27)31)20-6-4-5-17(15-20)16-30-28/h2-16H,28H2,1H3,(H2,27,31). The molecule has 0 unspecified atom stereocenters. The molecule has 4 rings (SSSR count). The van der Waals surface area contributed by atoms with Crippen molar-refractivity contribution in [3.63, 3.8) is 0 Å². The first kappa shape index (κ1) is 22.9. The monoisotopic (exact) mass is 470 g/mol. The lowest BCUT2D eigenvalue weighted by molar-refractivity contribution is 0.100. The highest BCUT2D eigenvalue weighted by Gasteiger charge is 2.19. The summed E-state index contributed by atoms with van der Waals surface area (Å²) in [4.78, 5) is 17.2. The minimum Gasteiger partial charge on any atom is -0.366 e. The van der Waals surface area contributed by atoms with E-state index in [0.717, 1.165) is 16.7 Å². The summed E-state index contributed by atoms with van der Waals surface area (Å²) in [6.45, 7) is 0. The van der Waals surface area contributed by atoms with Crippen molar-refractivity contribution in [2.45, 2.75) is 4.90 Å². The van der Waals surface area contributed by atoms with Crippen LogP contribution in [0, 0.1) is 0 Å². The fraction of sp³-hybridized carbons (Fsp3) is 0.0385. The lowest BCUT2D eigenvalue weighted by atomic mass is 9.94. The molecule has 0 fully saturated rings. The van der Waals surface area contributed by atoms with Crippen molar-refractivity contribution in [1.82, 2.24) is 4.98 Å². The van der Waals surface area contributed by atoms with Gasteiger partial charge in [-0.2, -0.15) is 5.10 Å². The first-order chi connectivity index (χ1) is 16.3. The van der Waals surface area contributed by atoms with Crippen LogP contribution in [0.2, 0.25) is 0 Å². The van der Waals surface area contributed by atoms with Gasteiger partial charge in [0.25, 0.3) is 5.91 Å². The van der Waals surface area contributed by atoms with Gasteiger partial charge >= 0.3 is 0 Å². The third-order valence-electron chi connectivity index (χ3n) is 5.37. The molecule has 0 radical (unpaired) electrons. The predicted octanol–water partition coefficient (Wildman–Crippen LogP) is 3.88. The third-order valence-corrected chi connectivity index (χ3v) is 6.53. The average Bonchev–Trinajstić information content (AvgIpc) is 2.83. The van der Waals surface area contributed by atoms with Gasteiger partial charge in [0, 0.05) is 23.6 Å². The van der Waals surface area contributed by atoms with E-state index in [1.165, 1.54) is 12.5 Å². The van der Waals surface area contributed by atoms with E-state index in [4.69, 9.17) is 11.6 Å². The molecular formula is C26H22N4O3S. The van der Waals surface area contributed by atoms with Gasteiger partial charge in [0.2, 0.25) is 0 Å². The van der Waals surface area contributed by atoms with E-state index >= 15 is 0 Å². The van der Waals surface area contributed by atoms with E-state index in [1.807, 2.05) is 48.5 Å². The Balaban J connectivity index is 1.82. The number of nitrogens with zero attached hydrogens (tertiary/aromatic N) is 2. The summed E-state index contributed by atoms with van der Waals surface area (Å²) in [5, 5.41) is 3.54. The second-order valence-corrected chi connectivity index (χ2v) is 9.68. The van der Waals surface area contributed by atoms with Crippen LogP contribution >= 0.6 is 0 Å². The number of hydrogen-bond acceptors (Lipinski definition) is 6. The molecule has 1 aromatic heterocycles. The van der Waals surface area contributed by atoms with E-state index in [2.05, 4.69) is 10.1 Å². The number of primary amides is 1. The molecule has 170 valence electrons. The lowest BCUT2D eigenvalue weighted by Crippen LogP contribution is -2.15. The van der Waals surface area contributed by atoms with Crippen LogP contribution in [0.1, 0.15) is 15.9 Å². The maximum atomic E-state index is 12.5. The molecule has 0 atom stereocenters. The first-order valence-corrected chi connectivity index (χ1v) is 12.2. The molecule has 34 heavy (non-hydrogen) atoms. The Morgan fingerprint density at radius 3 is 2.21 bits per heavy atom. The number of amides is 1. The molecule has 1 heterocycles. The quantitative estimate of drug-likeness (QED) is 0.251. The molecule has 8 heteroatoms. The van der Waals surface area contributed by atoms with E-state index in [9.17, 15) is 13.2 Å². The molecule has 7 nitrogen and oxygen atoms in total. The molecule has 1 amide bonds. The molecule has 0 saturated heterocycles. The summed E-state index contributed by atoms with van der Waals surface area (Å²) in [6.07, 6.45) is 4.31. The van der Waals surface area contributed by atoms with Gasteiger partial charge in [0.05, 0.1) is 22.4 Å². The average molecular weight is 471 g/mol. The van der Waals surface area contributed by atoms with Crippen LogP contribution in [0.15, 0.2) is 95.1 Å². The number of aromatic nitrogens is 1. The lowest BCUT2D eigenvalue weighted by Gasteiger charge is -2.13. The highest BCUT2D eigenvalue weighted by Crippen LogP contribution is 2.33. The zero-order valence-corrected chi connectivity index (χ0v) is 19.2. The Kier molecular flexibility index (Phi) is 6.25. The highest BCUT2D eigenvalue weighted by atomic mass is 32.2. The van der Waals surface area contributed by atoms with Crippen molar-refractivity contribution in [3.8, 4) is 33.5 Å². The van der Waals surface area contributed by atoms with Crippen LogP contribution in [0.25, 0.3) is 33.5 Å². The fourth-order valence-electron chi connectivity index (χ4n) is 3.88. The van der Waals surface area contributed by atoms with Gasteiger partial charge in [-0.15, -0.1) is 0 Å². The maximum Gasteiger partial charge on any atom is 0.251 e. The molecule has 0 aliphatic rings. The summed E-state index contributed by atoms with van der Waals surface area (Å²) in [5.41, 5.74) is 10.7. The second-order valence-electron chi connectivity index (χ2n) is 7.70. The third kappa shape index (κ3) is 4.57. The van der Waals surface area contributed by atoms with Crippen LogP contribution in [0.4, 0.5) is 0 Å². The molecule has 4 aromatic rings. The zero-order chi connectivity index (χ0) is 24.3. The number of rotatable bonds is 6. The van der Waals surface area contributed by atoms with Crippen LogP contribution in [0.5, 0.6) is 0 Å². The smallest absolute Gasteiger partial charge is 0.251 e. The van der Waals surface area contributed by atoms with Gasteiger partial charge in [-0.3, -0.25) is 9.78 Å². The largest absolute Gasteiger partial charge is 0.366 e. The van der Waals surface area contributed by atoms with Crippen molar-refractivity contribution in [2.24, 2.45) is 16.7 Å². The number of pyridine rings is 1. The normalized spacial score (nSPS) is 11.6. The van der Waals surface area contributed by atoms with E-state index in [0.29, 0.717) is 22.4 Å². The SMILES string of the molecule is CS(=O)(=O)c1ccccc1-c1ccc(-c2ccnc(-c3cccc(C=NN)c3)c2C(N)=O)cc1. The van der Waals surface area contributed by atoms with Gasteiger partial charge < -0.3 is 11.6 Å². The van der Waals surface area contributed by atoms with E-state index in [-0.39, 0.29) is 10.5 Å². The van der Waals surface area contributed by atoms with Crippen molar-refractivity contribution in [2.75, 3.05) is 6.26 Å². The molecule has 0 aliphatic heterocycles. The number of carbonyl (C=O) groups excluding carboxylic acids is 1. The molecular weight excluding hydrogens is 448 g/mol. The number of hydrogen-bond donors (Lipinski definition) is 2. The highest BCUT2D eigenvalue weighted by molar-refractivity contribution is 7.90. The Morgan fingerprint density at radius 2 is 1.56 bits per heavy atom. The van der Waals surface area contributed by atoms with Crippen molar-refractivity contribution >= 4 is 22.0 Å². The number of carbonyl (C=O) groups is 1. The summed E-state index contributed by atoms with van der Waals surface area (Å²) < 4.78 is 24.4. The topological polar surface area (TPSA) is 128 Å². The van der Waals surface area contributed by atoms with Crippen molar-refractivity contribution < 1.29 is 13.2 Å². The molecule has 3 aromatic carbocycles. The maximum absolute atomic E-state index is 12.5. The summed E-state index contributed by atoms with van der Waals surface area (Å²) in [6, 6.07) is 23.2. The minimum absolute atomic E-state index is 0.257. The van der Waals surface area contributed by atoms with Crippen LogP contribution in [-0.2, 0) is 9.84 Å². The predicted molar refractivity (Wildman–Crippen MR) is 134 cm³/mol. The van der Waals surface area contributed by atoms with Crippen molar-refractivity contribution in [3.05, 3.63) is 96.2 Å². The van der Waals surface area contributed by atoms with Crippen molar-refractivity contribution in [1.29, 1.82) is 0 Å². The molecule has 0 aliphatic carbocycles. The Bertz CT molecular complexity index is 1510. The zero-order valence-electron chi connectivity index (χ0n) is 18.3. The summed E-state index contributed by atoms with van der Waals surface area (Å²) in [5.74, 6) is 4.65. The number of nitrogens with two attached hydrogens (primary N) is 2. The minimum atomic E-state index is -3.39. The van der Waals surface area contributed by atoms with E-state index < -0.39 is 15.7 Å². The first-order valence-electron chi connectivity index (χ1n) is 10.3. The summed E-state index contributed by atoms with van der Waals surface area (Å²) in [7, 11) is -3.39. The fourth-order valence-corrected chi connectivity index (χ4v) is 4.79. The van der Waals surface area contributed by atoms with Crippen LogP contribution < -0.4 is 11.6 Å². The number of benzene rings is 3. The van der Waals surface area contributed by atoms with Crippen LogP contribution in [0.3, 0.4) is 0 Å². The number of hydrazone groups is 1. The molecule has 4 N–H and O–H groups in total. The van der Waals surface area contributed by atoms with Crippen LogP contribution in [-0.4, -0.2) is 31.8 Å². The van der Waals surface area contributed by atoms with Gasteiger partial charge in [0.15, 0.2) is 9.84 Å². The van der Waals surface area contributed by atoms with Gasteiger partial charge in [-0.1, -0.05) is 60.7 Å². The van der Waals surface area contributed by atoms with Gasteiger partial charge in [-0.25, -0.2) is 8.42 Å². The number of sulfone groups is 1. The Hall–Kier alpha value is -4.30. The second kappa shape index (κ2) is 9.29. The van der Waals surface area contributed by atoms with E-state index in [1.54, 1.807) is 36.5 Å². The van der Waals surface area contributed by atoms with Gasteiger partial charge in [0.1, 0.15) is 0 Å². The summed E-state index contributed by atoms with van der Waals surface area (Å²) >= 11 is 0. The molecule has 0 spiro atoms. The molecule has 0 bridgehead atoms. The Labute approximate surface area is 197 Å².